The Kier molecular flexibility index (Phi) is 9.70. The predicted octanol–water partition coefficient (Wildman–Crippen LogP) is 0.910. The molecule has 0 heterocycles. The van der Waals surface area contributed by atoms with Crippen molar-refractivity contribution in [2.75, 3.05) is 13.2 Å². The molecular weight excluding hydrogens is 210 g/mol. The maximum absolute atomic E-state index is 11.1. The lowest BCUT2D eigenvalue weighted by Crippen LogP contribution is -2.25. The highest BCUT2D eigenvalue weighted by Crippen LogP contribution is 2.06. The SMILES string of the molecule is O=C(O)CCCCCCCC(=O)NCCO. The Morgan fingerprint density at radius 3 is 2.06 bits per heavy atom. The lowest BCUT2D eigenvalue weighted by Gasteiger charge is -2.02. The lowest BCUT2D eigenvalue weighted by atomic mass is 10.1. The molecule has 0 radical (unpaired) electrons. The van der Waals surface area contributed by atoms with Gasteiger partial charge in [0.15, 0.2) is 0 Å². The molecule has 1 amide bonds. The molecule has 16 heavy (non-hydrogen) atoms. The molecule has 0 aromatic heterocycles. The molecular formula is C11H21NO4. The number of aliphatic hydroxyl groups excluding tert-OH is 1. The molecule has 0 rings (SSSR count). The van der Waals surface area contributed by atoms with Crippen molar-refractivity contribution < 1.29 is 19.8 Å². The van der Waals surface area contributed by atoms with Gasteiger partial charge in [0.2, 0.25) is 5.91 Å². The van der Waals surface area contributed by atoms with Crippen molar-refractivity contribution in [3.63, 3.8) is 0 Å². The molecule has 94 valence electrons. The lowest BCUT2D eigenvalue weighted by molar-refractivity contribution is -0.137. The third-order valence-corrected chi connectivity index (χ3v) is 2.23. The third-order valence-electron chi connectivity index (χ3n) is 2.23. The molecule has 0 bridgehead atoms. The topological polar surface area (TPSA) is 86.6 Å². The Labute approximate surface area is 95.9 Å². The largest absolute Gasteiger partial charge is 0.481 e. The monoisotopic (exact) mass is 231 g/mol. The fourth-order valence-corrected chi connectivity index (χ4v) is 1.38. The van der Waals surface area contributed by atoms with Crippen LogP contribution >= 0.6 is 0 Å². The van der Waals surface area contributed by atoms with Crippen molar-refractivity contribution in [2.24, 2.45) is 0 Å². The van der Waals surface area contributed by atoms with E-state index >= 15 is 0 Å². The number of unbranched alkanes of at least 4 members (excludes halogenated alkanes) is 4. The van der Waals surface area contributed by atoms with Crippen molar-refractivity contribution >= 4 is 11.9 Å². The van der Waals surface area contributed by atoms with Gasteiger partial charge in [-0.05, 0) is 12.8 Å². The van der Waals surface area contributed by atoms with E-state index in [4.69, 9.17) is 10.2 Å². The van der Waals surface area contributed by atoms with Gasteiger partial charge in [0.05, 0.1) is 6.61 Å². The van der Waals surface area contributed by atoms with Gasteiger partial charge in [-0.25, -0.2) is 0 Å². The Morgan fingerprint density at radius 1 is 0.938 bits per heavy atom. The number of hydrogen-bond donors (Lipinski definition) is 3. The molecule has 0 aromatic carbocycles. The van der Waals surface area contributed by atoms with Crippen LogP contribution in [0.5, 0.6) is 0 Å². The van der Waals surface area contributed by atoms with Crippen LogP contribution in [0.2, 0.25) is 0 Å². The van der Waals surface area contributed by atoms with Crippen molar-refractivity contribution in [2.45, 2.75) is 44.9 Å². The summed E-state index contributed by atoms with van der Waals surface area (Å²) in [6.45, 7) is 0.290. The van der Waals surface area contributed by atoms with Crippen molar-refractivity contribution in [1.82, 2.24) is 5.32 Å². The van der Waals surface area contributed by atoms with Gasteiger partial charge in [0.25, 0.3) is 0 Å². The first-order valence-corrected chi connectivity index (χ1v) is 5.76. The van der Waals surface area contributed by atoms with E-state index in [0.717, 1.165) is 25.7 Å². The quantitative estimate of drug-likeness (QED) is 0.488. The van der Waals surface area contributed by atoms with E-state index < -0.39 is 5.97 Å². The molecule has 0 fully saturated rings. The van der Waals surface area contributed by atoms with E-state index in [1.807, 2.05) is 0 Å². The van der Waals surface area contributed by atoms with Gasteiger partial charge in [-0.15, -0.1) is 0 Å². The average Bonchev–Trinajstić information content (AvgIpc) is 2.24. The normalized spacial score (nSPS) is 10.1. The summed E-state index contributed by atoms with van der Waals surface area (Å²) >= 11 is 0. The Hall–Kier alpha value is -1.10. The molecule has 3 N–H and O–H groups in total. The number of hydrogen-bond acceptors (Lipinski definition) is 3. The summed E-state index contributed by atoms with van der Waals surface area (Å²) < 4.78 is 0. The summed E-state index contributed by atoms with van der Waals surface area (Å²) in [5.74, 6) is -0.775. The highest BCUT2D eigenvalue weighted by molar-refractivity contribution is 5.75. The van der Waals surface area contributed by atoms with Gasteiger partial charge in [-0.3, -0.25) is 9.59 Å². The van der Waals surface area contributed by atoms with Crippen molar-refractivity contribution in [3.05, 3.63) is 0 Å². The average molecular weight is 231 g/mol. The number of carbonyl (C=O) groups excluding carboxylic acids is 1. The second-order valence-corrected chi connectivity index (χ2v) is 3.74. The highest BCUT2D eigenvalue weighted by Gasteiger charge is 2.00. The first-order valence-electron chi connectivity index (χ1n) is 5.76. The fraction of sp³-hybridized carbons (Fsp3) is 0.818. The molecule has 0 saturated heterocycles. The number of aliphatic hydroxyl groups is 1. The smallest absolute Gasteiger partial charge is 0.303 e. The van der Waals surface area contributed by atoms with Gasteiger partial charge >= 0.3 is 5.97 Å². The van der Waals surface area contributed by atoms with Crippen LogP contribution in [-0.2, 0) is 9.59 Å². The van der Waals surface area contributed by atoms with E-state index in [1.165, 1.54) is 0 Å². The van der Waals surface area contributed by atoms with Gasteiger partial charge < -0.3 is 15.5 Å². The van der Waals surface area contributed by atoms with E-state index in [9.17, 15) is 9.59 Å². The first-order chi connectivity index (χ1) is 7.66. The first kappa shape index (κ1) is 14.9. The maximum atomic E-state index is 11.1. The summed E-state index contributed by atoms with van der Waals surface area (Å²) in [6.07, 6.45) is 5.09. The molecule has 0 spiro atoms. The third kappa shape index (κ3) is 11.0. The van der Waals surface area contributed by atoms with Crippen LogP contribution in [0.25, 0.3) is 0 Å². The molecule has 5 heteroatoms. The number of carbonyl (C=O) groups is 2. The van der Waals surface area contributed by atoms with E-state index in [-0.39, 0.29) is 18.9 Å². The minimum atomic E-state index is -0.747. The number of carboxylic acids is 1. The summed E-state index contributed by atoms with van der Waals surface area (Å²) in [6, 6.07) is 0. The molecule has 0 aliphatic carbocycles. The molecule has 0 aromatic rings. The number of aliphatic carboxylic acids is 1. The molecule has 0 atom stereocenters. The zero-order chi connectivity index (χ0) is 12.2. The standard InChI is InChI=1S/C11H21NO4/c13-9-8-12-10(14)6-4-2-1-3-5-7-11(15)16/h13H,1-9H2,(H,12,14)(H,15,16). The Morgan fingerprint density at radius 2 is 1.50 bits per heavy atom. The Balaban J connectivity index is 3.14. The van der Waals surface area contributed by atoms with Gasteiger partial charge in [-0.2, -0.15) is 0 Å². The summed E-state index contributed by atoms with van der Waals surface area (Å²) in [5.41, 5.74) is 0. The predicted molar refractivity (Wildman–Crippen MR) is 60.1 cm³/mol. The minimum Gasteiger partial charge on any atom is -0.481 e. The molecule has 0 aliphatic rings. The van der Waals surface area contributed by atoms with Crippen LogP contribution in [0.1, 0.15) is 44.9 Å². The summed E-state index contributed by atoms with van der Waals surface area (Å²) in [7, 11) is 0. The molecule has 0 aliphatic heterocycles. The van der Waals surface area contributed by atoms with Crippen LogP contribution in [0.15, 0.2) is 0 Å². The second kappa shape index (κ2) is 10.4. The van der Waals surface area contributed by atoms with Crippen LogP contribution in [-0.4, -0.2) is 35.2 Å². The number of nitrogens with one attached hydrogen (secondary N) is 1. The van der Waals surface area contributed by atoms with Gasteiger partial charge in [0.1, 0.15) is 0 Å². The van der Waals surface area contributed by atoms with E-state index in [2.05, 4.69) is 5.32 Å². The number of carboxylic acid groups (broad SMARTS) is 1. The van der Waals surface area contributed by atoms with Gasteiger partial charge in [0, 0.05) is 19.4 Å². The van der Waals surface area contributed by atoms with E-state index in [1.54, 1.807) is 0 Å². The zero-order valence-electron chi connectivity index (χ0n) is 9.57. The number of rotatable bonds is 10. The van der Waals surface area contributed by atoms with Crippen LogP contribution in [0.4, 0.5) is 0 Å². The minimum absolute atomic E-state index is 0.0269. The molecule has 0 unspecified atom stereocenters. The second-order valence-electron chi connectivity index (χ2n) is 3.74. The maximum Gasteiger partial charge on any atom is 0.303 e. The van der Waals surface area contributed by atoms with Gasteiger partial charge in [-0.1, -0.05) is 19.3 Å². The van der Waals surface area contributed by atoms with Crippen LogP contribution in [0, 0.1) is 0 Å². The summed E-state index contributed by atoms with van der Waals surface area (Å²) in [5, 5.41) is 19.4. The fourth-order valence-electron chi connectivity index (χ4n) is 1.38. The molecule has 0 saturated carbocycles. The highest BCUT2D eigenvalue weighted by atomic mass is 16.4. The van der Waals surface area contributed by atoms with Crippen molar-refractivity contribution in [3.8, 4) is 0 Å². The Bertz CT molecular complexity index is 206. The van der Waals surface area contributed by atoms with E-state index in [0.29, 0.717) is 19.4 Å². The summed E-state index contributed by atoms with van der Waals surface area (Å²) in [4.78, 5) is 21.3. The van der Waals surface area contributed by atoms with Crippen LogP contribution < -0.4 is 5.32 Å². The van der Waals surface area contributed by atoms with Crippen LogP contribution in [0.3, 0.4) is 0 Å². The zero-order valence-corrected chi connectivity index (χ0v) is 9.57. The number of amides is 1. The molecule has 5 nitrogen and oxygen atoms in total. The van der Waals surface area contributed by atoms with Crippen molar-refractivity contribution in [1.29, 1.82) is 0 Å².